The van der Waals surface area contributed by atoms with Crippen molar-refractivity contribution in [1.82, 2.24) is 14.7 Å². The second kappa shape index (κ2) is 9.23. The fourth-order valence-corrected chi connectivity index (χ4v) is 8.31. The average Bonchev–Trinajstić information content (AvgIpc) is 3.26. The Kier molecular flexibility index (Phi) is 7.24. The summed E-state index contributed by atoms with van der Waals surface area (Å²) in [6, 6.07) is 1.48. The Morgan fingerprint density at radius 1 is 0.594 bits per heavy atom. The minimum Gasteiger partial charge on any atom is -0.289 e. The summed E-state index contributed by atoms with van der Waals surface area (Å²) in [7, 11) is -4.55. The van der Waals surface area contributed by atoms with Crippen molar-refractivity contribution in [2.75, 3.05) is 0 Å². The van der Waals surface area contributed by atoms with Gasteiger partial charge >= 0.3 is 5.72 Å². The molecule has 32 heavy (non-hydrogen) atoms. The largest absolute Gasteiger partial charge is 0.312 e. The maximum Gasteiger partial charge on any atom is 0.312 e. The maximum atomic E-state index is 12.3. The zero-order chi connectivity index (χ0) is 23.4. The van der Waals surface area contributed by atoms with E-state index >= 15 is 0 Å². The number of likely N-dealkylation sites (tertiary alicyclic amines) is 3. The first-order chi connectivity index (χ1) is 15.0. The van der Waals surface area contributed by atoms with E-state index in [9.17, 15) is 14.0 Å². The monoisotopic (exact) mass is 473 g/mol. The van der Waals surface area contributed by atoms with Gasteiger partial charge in [0.15, 0.2) is 0 Å². The standard InChI is InChI=1S/C24H44ClN3O4/c1-16-10-7-11-17(2)26(16)22-23(27-18(3)12-8-13-19(27)4)24(22,32-25(29,30)31)28-20(5)14-9-15-21(28)6/h16-23H,7-15H2,1-6H3/t16-,17+,18-,19+,20-,21+,22?,23?,24?. The third-order valence-corrected chi connectivity index (χ3v) is 9.45. The summed E-state index contributed by atoms with van der Waals surface area (Å²) in [5.41, 5.74) is -1.11. The van der Waals surface area contributed by atoms with E-state index in [0.717, 1.165) is 44.9 Å². The first kappa shape index (κ1) is 25.1. The van der Waals surface area contributed by atoms with Gasteiger partial charge in [-0.15, -0.1) is 0 Å². The highest BCUT2D eigenvalue weighted by Gasteiger charge is 2.84. The smallest absolute Gasteiger partial charge is 0.289 e. The summed E-state index contributed by atoms with van der Waals surface area (Å²) in [5.74, 6) is 0. The van der Waals surface area contributed by atoms with Crippen LogP contribution in [0.5, 0.6) is 0 Å². The molecule has 0 N–H and O–H groups in total. The number of halogens is 1. The van der Waals surface area contributed by atoms with E-state index in [1.165, 1.54) is 12.8 Å². The number of hydrogen-bond acceptors (Lipinski definition) is 7. The van der Waals surface area contributed by atoms with Crippen molar-refractivity contribution in [1.29, 1.82) is 0 Å². The topological polar surface area (TPSA) is 88.1 Å². The van der Waals surface area contributed by atoms with E-state index in [4.69, 9.17) is 4.29 Å². The van der Waals surface area contributed by atoms with Gasteiger partial charge < -0.3 is 0 Å². The highest BCUT2D eigenvalue weighted by molar-refractivity contribution is 5.28. The van der Waals surface area contributed by atoms with Gasteiger partial charge in [-0.1, -0.05) is 19.3 Å². The molecule has 8 atom stereocenters. The van der Waals surface area contributed by atoms with Gasteiger partial charge in [-0.05, 0) is 80.1 Å². The Labute approximate surface area is 196 Å². The fraction of sp³-hybridized carbons (Fsp3) is 1.00. The summed E-state index contributed by atoms with van der Waals surface area (Å²) < 4.78 is 42.5. The van der Waals surface area contributed by atoms with Crippen LogP contribution in [-0.4, -0.2) is 68.8 Å². The molecule has 8 heteroatoms. The predicted molar refractivity (Wildman–Crippen MR) is 115 cm³/mol. The van der Waals surface area contributed by atoms with Gasteiger partial charge in [0.1, 0.15) is 0 Å². The predicted octanol–water partition coefficient (Wildman–Crippen LogP) is 1.14. The van der Waals surface area contributed by atoms with Gasteiger partial charge in [-0.25, -0.2) is 0 Å². The lowest BCUT2D eigenvalue weighted by Crippen LogP contribution is -2.69. The summed E-state index contributed by atoms with van der Waals surface area (Å²) in [4.78, 5) is 7.31. The van der Waals surface area contributed by atoms with Crippen LogP contribution in [0.15, 0.2) is 0 Å². The van der Waals surface area contributed by atoms with Crippen LogP contribution in [0.1, 0.15) is 99.3 Å². The normalized spacial score (nSPS) is 47.5. The molecule has 1 saturated carbocycles. The molecule has 0 radical (unpaired) electrons. The van der Waals surface area contributed by atoms with Crippen LogP contribution in [-0.2, 0) is 4.29 Å². The Morgan fingerprint density at radius 3 is 1.22 bits per heavy atom. The van der Waals surface area contributed by atoms with Gasteiger partial charge in [0.2, 0.25) is 0 Å². The molecule has 3 aliphatic heterocycles. The molecule has 2 unspecified atom stereocenters. The van der Waals surface area contributed by atoms with E-state index < -0.39 is 16.0 Å². The molecule has 0 aromatic heterocycles. The third-order valence-electron chi connectivity index (χ3n) is 9.02. The van der Waals surface area contributed by atoms with E-state index in [-0.39, 0.29) is 24.2 Å². The van der Waals surface area contributed by atoms with Crippen molar-refractivity contribution in [3.05, 3.63) is 0 Å². The van der Waals surface area contributed by atoms with Gasteiger partial charge in [-0.3, -0.25) is 14.7 Å². The number of piperidine rings is 3. The Morgan fingerprint density at radius 2 is 0.906 bits per heavy atom. The van der Waals surface area contributed by atoms with Crippen LogP contribution in [0, 0.1) is 10.2 Å². The molecule has 4 fully saturated rings. The van der Waals surface area contributed by atoms with Crippen molar-refractivity contribution in [3.8, 4) is 0 Å². The molecule has 3 heterocycles. The fourth-order valence-electron chi connectivity index (χ4n) is 7.75. The van der Waals surface area contributed by atoms with Crippen molar-refractivity contribution in [2.45, 2.75) is 153 Å². The number of rotatable bonds is 5. The Balaban J connectivity index is 1.82. The van der Waals surface area contributed by atoms with Crippen LogP contribution >= 0.6 is 0 Å². The van der Waals surface area contributed by atoms with Crippen LogP contribution in [0.3, 0.4) is 0 Å². The molecular weight excluding hydrogens is 430 g/mol. The molecule has 186 valence electrons. The highest BCUT2D eigenvalue weighted by atomic mass is 35.7. The minimum absolute atomic E-state index is 0.116. The van der Waals surface area contributed by atoms with Crippen molar-refractivity contribution < 1.29 is 28.5 Å². The first-order valence-corrected chi connectivity index (χ1v) is 14.2. The highest BCUT2D eigenvalue weighted by Crippen LogP contribution is 2.57. The Bertz CT molecular complexity index is 600. The summed E-state index contributed by atoms with van der Waals surface area (Å²) >= 11 is 0. The van der Waals surface area contributed by atoms with E-state index in [0.29, 0.717) is 24.2 Å². The van der Waals surface area contributed by atoms with E-state index in [2.05, 4.69) is 56.2 Å². The quantitative estimate of drug-likeness (QED) is 0.591. The SMILES string of the molecule is C[C@@H]1CCC[C@H](C)N1C1C(N2[C@H](C)CCC[C@@H]2C)C1(O[Cl+3]([O-])([O-])[O-])N1[C@H](C)CCC[C@@H]1C. The van der Waals surface area contributed by atoms with Gasteiger partial charge in [0, 0.05) is 36.3 Å². The van der Waals surface area contributed by atoms with Crippen molar-refractivity contribution >= 4 is 0 Å². The summed E-state index contributed by atoms with van der Waals surface area (Å²) in [5, 5.41) is 0. The zero-order valence-electron chi connectivity index (χ0n) is 20.8. The number of nitrogens with zero attached hydrogens (tertiary/aromatic N) is 3. The minimum atomic E-state index is -4.55. The molecule has 0 aromatic carbocycles. The molecular formula is C24H44ClN3O4. The second-order valence-electron chi connectivity index (χ2n) is 11.3. The lowest BCUT2D eigenvalue weighted by molar-refractivity contribution is -1.92. The lowest BCUT2D eigenvalue weighted by Gasteiger charge is -2.45. The van der Waals surface area contributed by atoms with Crippen molar-refractivity contribution in [3.63, 3.8) is 0 Å². The molecule has 4 rings (SSSR count). The Hall–Kier alpha value is 0.01000. The molecule has 3 saturated heterocycles. The molecule has 1 aliphatic carbocycles. The number of hydrogen-bond donors (Lipinski definition) is 0. The maximum absolute atomic E-state index is 12.3. The van der Waals surface area contributed by atoms with Gasteiger partial charge in [0.05, 0.1) is 26.6 Å². The average molecular weight is 474 g/mol. The van der Waals surface area contributed by atoms with Crippen LogP contribution in [0.25, 0.3) is 0 Å². The van der Waals surface area contributed by atoms with Gasteiger partial charge in [0.25, 0.3) is 0 Å². The molecule has 0 aromatic rings. The summed E-state index contributed by atoms with van der Waals surface area (Å²) in [6.45, 7) is 13.4. The van der Waals surface area contributed by atoms with Crippen LogP contribution in [0.4, 0.5) is 0 Å². The zero-order valence-corrected chi connectivity index (χ0v) is 21.6. The van der Waals surface area contributed by atoms with Gasteiger partial charge in [-0.2, -0.15) is 14.0 Å². The molecule has 0 spiro atoms. The van der Waals surface area contributed by atoms with Crippen LogP contribution in [0.2, 0.25) is 0 Å². The molecule has 0 bridgehead atoms. The third kappa shape index (κ3) is 4.37. The molecule has 4 aliphatic rings. The van der Waals surface area contributed by atoms with E-state index in [1.54, 1.807) is 0 Å². The van der Waals surface area contributed by atoms with E-state index in [1.807, 2.05) is 0 Å². The summed E-state index contributed by atoms with van der Waals surface area (Å²) in [6.07, 6.45) is 9.90. The first-order valence-electron chi connectivity index (χ1n) is 12.9. The molecule has 7 nitrogen and oxygen atoms in total. The molecule has 0 amide bonds. The van der Waals surface area contributed by atoms with Crippen molar-refractivity contribution in [2.24, 2.45) is 0 Å². The lowest BCUT2D eigenvalue weighted by atomic mass is 9.95. The van der Waals surface area contributed by atoms with Crippen LogP contribution < -0.4 is 14.0 Å². The second-order valence-corrected chi connectivity index (χ2v) is 12.2.